The molecule has 0 rings (SSSR count). The summed E-state index contributed by atoms with van der Waals surface area (Å²) in [4.78, 5) is 22.4. The van der Waals surface area contributed by atoms with Crippen LogP contribution in [0.1, 0.15) is 34.6 Å². The first-order valence-corrected chi connectivity index (χ1v) is 5.93. The van der Waals surface area contributed by atoms with Crippen molar-refractivity contribution < 1.29 is 19.1 Å². The van der Waals surface area contributed by atoms with Crippen molar-refractivity contribution in [2.75, 3.05) is 6.61 Å². The van der Waals surface area contributed by atoms with Gasteiger partial charge in [-0.3, -0.25) is 0 Å². The van der Waals surface area contributed by atoms with Gasteiger partial charge in [-0.2, -0.15) is 0 Å². The van der Waals surface area contributed by atoms with Crippen LogP contribution >= 0.6 is 0 Å². The molecule has 0 unspecified atom stereocenters. The van der Waals surface area contributed by atoms with E-state index in [1.807, 2.05) is 27.7 Å². The maximum absolute atomic E-state index is 11.5. The highest BCUT2D eigenvalue weighted by atomic mass is 16.5. The molecule has 0 bridgehead atoms. The van der Waals surface area contributed by atoms with Gasteiger partial charge in [0.25, 0.3) is 0 Å². The van der Waals surface area contributed by atoms with Gasteiger partial charge in [0.15, 0.2) is 0 Å². The van der Waals surface area contributed by atoms with Gasteiger partial charge in [-0.1, -0.05) is 27.7 Å². The van der Waals surface area contributed by atoms with Gasteiger partial charge in [0.2, 0.25) is 0 Å². The number of rotatable bonds is 6. The quantitative estimate of drug-likeness (QED) is 0.530. The van der Waals surface area contributed by atoms with Gasteiger partial charge in [-0.25, -0.2) is 9.59 Å². The van der Waals surface area contributed by atoms with Crippen LogP contribution in [0.25, 0.3) is 0 Å². The van der Waals surface area contributed by atoms with E-state index in [0.29, 0.717) is 6.61 Å². The lowest BCUT2D eigenvalue weighted by molar-refractivity contribution is -0.148. The zero-order valence-electron chi connectivity index (χ0n) is 11.2. The number of esters is 2. The summed E-state index contributed by atoms with van der Waals surface area (Å²) < 4.78 is 9.93. The van der Waals surface area contributed by atoms with Crippen molar-refractivity contribution in [1.29, 1.82) is 0 Å². The highest BCUT2D eigenvalue weighted by Gasteiger charge is 2.20. The first kappa shape index (κ1) is 15.7. The second kappa shape index (κ2) is 7.87. The van der Waals surface area contributed by atoms with E-state index in [4.69, 9.17) is 4.74 Å². The molecule has 0 saturated carbocycles. The van der Waals surface area contributed by atoms with Crippen LogP contribution in [0.4, 0.5) is 0 Å². The third kappa shape index (κ3) is 6.76. The van der Waals surface area contributed by atoms with Crippen molar-refractivity contribution >= 4 is 11.9 Å². The molecule has 0 aliphatic carbocycles. The van der Waals surface area contributed by atoms with E-state index in [1.54, 1.807) is 6.92 Å². The van der Waals surface area contributed by atoms with E-state index in [1.165, 1.54) is 0 Å². The molecule has 0 radical (unpaired) electrons. The van der Waals surface area contributed by atoms with Gasteiger partial charge < -0.3 is 9.47 Å². The lowest BCUT2D eigenvalue weighted by Gasteiger charge is -2.24. The minimum absolute atomic E-state index is 0.144. The van der Waals surface area contributed by atoms with Gasteiger partial charge in [0.05, 0.1) is 6.61 Å². The van der Waals surface area contributed by atoms with E-state index in [2.05, 4.69) is 4.74 Å². The summed E-state index contributed by atoms with van der Waals surface area (Å²) in [6, 6.07) is 0. The predicted octanol–water partition coefficient (Wildman–Crippen LogP) is 2.33. The van der Waals surface area contributed by atoms with E-state index in [9.17, 15) is 9.59 Å². The lowest BCUT2D eigenvalue weighted by Crippen LogP contribution is -2.28. The number of ether oxygens (including phenoxy) is 2. The molecule has 0 aromatic rings. The average Bonchev–Trinajstić information content (AvgIpc) is 2.22. The van der Waals surface area contributed by atoms with Crippen LogP contribution in [-0.4, -0.2) is 24.6 Å². The summed E-state index contributed by atoms with van der Waals surface area (Å²) in [6.45, 7) is 9.97. The van der Waals surface area contributed by atoms with Gasteiger partial charge in [0.1, 0.15) is 6.10 Å². The fourth-order valence-corrected chi connectivity index (χ4v) is 1.54. The monoisotopic (exact) mass is 242 g/mol. The first-order valence-electron chi connectivity index (χ1n) is 5.93. The van der Waals surface area contributed by atoms with Crippen molar-refractivity contribution in [1.82, 2.24) is 0 Å². The minimum Gasteiger partial charge on any atom is -0.463 e. The zero-order valence-corrected chi connectivity index (χ0v) is 11.2. The normalized spacial score (nSPS) is 11.5. The Kier molecular flexibility index (Phi) is 7.26. The SMILES string of the molecule is CCOC(=O)/C=C/C(=O)OC(C(C)C)C(C)C. The molecule has 0 aliphatic heterocycles. The molecule has 0 amide bonds. The second-order valence-corrected chi connectivity index (χ2v) is 4.47. The minimum atomic E-state index is -0.532. The van der Waals surface area contributed by atoms with Crippen molar-refractivity contribution in [3.8, 4) is 0 Å². The molecule has 0 aromatic carbocycles. The van der Waals surface area contributed by atoms with Crippen LogP contribution in [0.3, 0.4) is 0 Å². The zero-order chi connectivity index (χ0) is 13.4. The smallest absolute Gasteiger partial charge is 0.331 e. The summed E-state index contributed by atoms with van der Waals surface area (Å²) >= 11 is 0. The first-order chi connectivity index (χ1) is 7.88. The van der Waals surface area contributed by atoms with Crippen LogP contribution in [0.15, 0.2) is 12.2 Å². The summed E-state index contributed by atoms with van der Waals surface area (Å²) in [5, 5.41) is 0. The van der Waals surface area contributed by atoms with Crippen LogP contribution in [-0.2, 0) is 19.1 Å². The van der Waals surface area contributed by atoms with Crippen LogP contribution in [0.2, 0.25) is 0 Å². The largest absolute Gasteiger partial charge is 0.463 e. The maximum Gasteiger partial charge on any atom is 0.331 e. The fraction of sp³-hybridized carbons (Fsp3) is 0.692. The van der Waals surface area contributed by atoms with Crippen molar-refractivity contribution in [3.63, 3.8) is 0 Å². The number of carbonyl (C=O) groups excluding carboxylic acids is 2. The molecule has 0 saturated heterocycles. The van der Waals surface area contributed by atoms with Gasteiger partial charge >= 0.3 is 11.9 Å². The summed E-state index contributed by atoms with van der Waals surface area (Å²) in [5.74, 6) is -0.551. The number of carbonyl (C=O) groups is 2. The number of hydrogen-bond acceptors (Lipinski definition) is 4. The standard InChI is InChI=1S/C13H22O4/c1-6-16-11(14)7-8-12(15)17-13(9(2)3)10(4)5/h7-10,13H,6H2,1-5H3/b8-7+. The molecule has 0 spiro atoms. The summed E-state index contributed by atoms with van der Waals surface area (Å²) in [6.07, 6.45) is 2.05. The molecule has 0 aliphatic rings. The van der Waals surface area contributed by atoms with Crippen LogP contribution < -0.4 is 0 Å². The van der Waals surface area contributed by atoms with E-state index >= 15 is 0 Å². The Morgan fingerprint density at radius 2 is 1.47 bits per heavy atom. The molecule has 0 heterocycles. The van der Waals surface area contributed by atoms with Crippen LogP contribution in [0, 0.1) is 11.8 Å². The second-order valence-electron chi connectivity index (χ2n) is 4.47. The van der Waals surface area contributed by atoms with Crippen molar-refractivity contribution in [2.45, 2.75) is 40.7 Å². The Bertz CT molecular complexity index is 271. The van der Waals surface area contributed by atoms with Gasteiger partial charge in [-0.05, 0) is 18.8 Å². The third-order valence-electron chi connectivity index (χ3n) is 2.21. The molecule has 0 N–H and O–H groups in total. The highest BCUT2D eigenvalue weighted by molar-refractivity contribution is 5.91. The Hall–Kier alpha value is -1.32. The molecule has 4 nitrogen and oxygen atoms in total. The topological polar surface area (TPSA) is 52.6 Å². The highest BCUT2D eigenvalue weighted by Crippen LogP contribution is 2.16. The lowest BCUT2D eigenvalue weighted by atomic mass is 9.96. The molecular weight excluding hydrogens is 220 g/mol. The van der Waals surface area contributed by atoms with Crippen LogP contribution in [0.5, 0.6) is 0 Å². The average molecular weight is 242 g/mol. The molecule has 17 heavy (non-hydrogen) atoms. The summed E-state index contributed by atoms with van der Waals surface area (Å²) in [5.41, 5.74) is 0. The Morgan fingerprint density at radius 3 is 1.88 bits per heavy atom. The summed E-state index contributed by atoms with van der Waals surface area (Å²) in [7, 11) is 0. The molecule has 0 atom stereocenters. The van der Waals surface area contributed by atoms with Gasteiger partial charge in [-0.15, -0.1) is 0 Å². The molecule has 0 aromatic heterocycles. The number of hydrogen-bond donors (Lipinski definition) is 0. The molecule has 4 heteroatoms. The van der Waals surface area contributed by atoms with E-state index in [0.717, 1.165) is 12.2 Å². The predicted molar refractivity (Wildman–Crippen MR) is 65.3 cm³/mol. The Labute approximate surface area is 103 Å². The van der Waals surface area contributed by atoms with E-state index < -0.39 is 11.9 Å². The fourth-order valence-electron chi connectivity index (χ4n) is 1.54. The molecule has 98 valence electrons. The van der Waals surface area contributed by atoms with Crippen molar-refractivity contribution in [2.24, 2.45) is 11.8 Å². The molecule has 0 fully saturated rings. The van der Waals surface area contributed by atoms with Gasteiger partial charge in [0, 0.05) is 12.2 Å². The Balaban J connectivity index is 4.29. The van der Waals surface area contributed by atoms with E-state index in [-0.39, 0.29) is 17.9 Å². The van der Waals surface area contributed by atoms with Crippen molar-refractivity contribution in [3.05, 3.63) is 12.2 Å². The third-order valence-corrected chi connectivity index (χ3v) is 2.21. The Morgan fingerprint density at radius 1 is 1.00 bits per heavy atom. The maximum atomic E-state index is 11.5. The molecular formula is C13H22O4.